The van der Waals surface area contributed by atoms with Crippen LogP contribution in [0.1, 0.15) is 47.3 Å². The summed E-state index contributed by atoms with van der Waals surface area (Å²) in [6, 6.07) is 8.40. The van der Waals surface area contributed by atoms with Crippen molar-refractivity contribution < 1.29 is 19.1 Å². The Bertz CT molecular complexity index is 1090. The highest BCUT2D eigenvalue weighted by atomic mass is 35.5. The highest BCUT2D eigenvalue weighted by molar-refractivity contribution is 6.30. The molecule has 3 aromatic rings. The van der Waals surface area contributed by atoms with E-state index in [2.05, 4.69) is 0 Å². The molecular formula is C21H20ClFN2O3. The van der Waals surface area contributed by atoms with Crippen LogP contribution in [0.4, 0.5) is 4.39 Å². The monoisotopic (exact) mass is 402 g/mol. The first kappa shape index (κ1) is 19.9. The SMILES string of the molecule is CCCC(C(N)=O)c1c(C)n(C(=O)c2ccc(Cl)c(F)c2)c2ccc(O)cc12. The number of fused-ring (bicyclic) bond motifs is 1. The summed E-state index contributed by atoms with van der Waals surface area (Å²) < 4.78 is 15.3. The molecule has 3 N–H and O–H groups in total. The summed E-state index contributed by atoms with van der Waals surface area (Å²) >= 11 is 5.72. The molecule has 0 aliphatic rings. The normalized spacial score (nSPS) is 12.3. The van der Waals surface area contributed by atoms with Crippen molar-refractivity contribution in [3.8, 4) is 5.75 Å². The lowest BCUT2D eigenvalue weighted by atomic mass is 9.91. The molecule has 0 spiro atoms. The van der Waals surface area contributed by atoms with Gasteiger partial charge in [-0.15, -0.1) is 0 Å². The molecule has 0 saturated carbocycles. The minimum atomic E-state index is -0.694. The Labute approximate surface area is 166 Å². The van der Waals surface area contributed by atoms with Gasteiger partial charge in [0, 0.05) is 16.6 Å². The summed E-state index contributed by atoms with van der Waals surface area (Å²) in [5.74, 6) is -2.26. The van der Waals surface area contributed by atoms with Crippen LogP contribution in [0.15, 0.2) is 36.4 Å². The number of halogens is 2. The van der Waals surface area contributed by atoms with E-state index in [0.717, 1.165) is 12.5 Å². The van der Waals surface area contributed by atoms with Crippen LogP contribution in [0, 0.1) is 12.7 Å². The highest BCUT2D eigenvalue weighted by Gasteiger charge is 2.28. The van der Waals surface area contributed by atoms with Gasteiger partial charge in [-0.3, -0.25) is 14.2 Å². The van der Waals surface area contributed by atoms with E-state index < -0.39 is 23.5 Å². The van der Waals surface area contributed by atoms with Gasteiger partial charge >= 0.3 is 0 Å². The summed E-state index contributed by atoms with van der Waals surface area (Å²) in [7, 11) is 0. The third-order valence-corrected chi connectivity index (χ3v) is 5.18. The van der Waals surface area contributed by atoms with Crippen molar-refractivity contribution in [3.63, 3.8) is 0 Å². The molecule has 3 rings (SSSR count). The predicted molar refractivity (Wildman–Crippen MR) is 106 cm³/mol. The Morgan fingerprint density at radius 1 is 1.25 bits per heavy atom. The fourth-order valence-electron chi connectivity index (χ4n) is 3.61. The van der Waals surface area contributed by atoms with E-state index in [9.17, 15) is 19.1 Å². The molecule has 1 aromatic heterocycles. The number of hydrogen-bond donors (Lipinski definition) is 2. The number of carbonyl (C=O) groups is 2. The first-order chi connectivity index (χ1) is 13.3. The minimum Gasteiger partial charge on any atom is -0.508 e. The molecule has 1 amide bonds. The number of amides is 1. The smallest absolute Gasteiger partial charge is 0.262 e. The van der Waals surface area contributed by atoms with E-state index in [1.54, 1.807) is 13.0 Å². The molecule has 0 fully saturated rings. The zero-order chi connectivity index (χ0) is 20.6. The molecule has 0 aliphatic carbocycles. The van der Waals surface area contributed by atoms with Gasteiger partial charge in [-0.25, -0.2) is 4.39 Å². The maximum Gasteiger partial charge on any atom is 0.262 e. The average Bonchev–Trinajstić information content (AvgIpc) is 2.92. The number of carbonyl (C=O) groups excluding carboxylic acids is 2. The van der Waals surface area contributed by atoms with Crippen molar-refractivity contribution in [3.05, 3.63) is 64.1 Å². The fraction of sp³-hybridized carbons (Fsp3) is 0.238. The van der Waals surface area contributed by atoms with Gasteiger partial charge in [0.05, 0.1) is 16.5 Å². The number of benzene rings is 2. The van der Waals surface area contributed by atoms with Crippen molar-refractivity contribution in [1.29, 1.82) is 0 Å². The molecule has 28 heavy (non-hydrogen) atoms. The first-order valence-electron chi connectivity index (χ1n) is 8.89. The van der Waals surface area contributed by atoms with Crippen molar-refractivity contribution in [2.24, 2.45) is 5.73 Å². The molecule has 1 atom stereocenters. The van der Waals surface area contributed by atoms with Crippen LogP contribution >= 0.6 is 11.6 Å². The van der Waals surface area contributed by atoms with Crippen LogP contribution in [0.2, 0.25) is 5.02 Å². The maximum atomic E-state index is 13.9. The molecular weight excluding hydrogens is 383 g/mol. The number of aromatic nitrogens is 1. The summed E-state index contributed by atoms with van der Waals surface area (Å²) in [5, 5.41) is 10.4. The second-order valence-electron chi connectivity index (χ2n) is 6.71. The number of hydrogen-bond acceptors (Lipinski definition) is 3. The Morgan fingerprint density at radius 3 is 2.57 bits per heavy atom. The Kier molecular flexibility index (Phi) is 5.42. The molecule has 1 heterocycles. The third-order valence-electron chi connectivity index (χ3n) is 4.88. The zero-order valence-corrected chi connectivity index (χ0v) is 16.3. The van der Waals surface area contributed by atoms with Gasteiger partial charge in [0.15, 0.2) is 0 Å². The predicted octanol–water partition coefficient (Wildman–Crippen LogP) is 4.51. The Balaban J connectivity index is 2.28. The van der Waals surface area contributed by atoms with Crippen molar-refractivity contribution >= 4 is 34.3 Å². The van der Waals surface area contributed by atoms with Crippen molar-refractivity contribution in [2.75, 3.05) is 0 Å². The molecule has 0 bridgehead atoms. The van der Waals surface area contributed by atoms with Gasteiger partial charge in [-0.1, -0.05) is 24.9 Å². The van der Waals surface area contributed by atoms with Crippen LogP contribution in [0.5, 0.6) is 5.75 Å². The first-order valence-corrected chi connectivity index (χ1v) is 9.27. The van der Waals surface area contributed by atoms with E-state index in [0.29, 0.717) is 28.6 Å². The summed E-state index contributed by atoms with van der Waals surface area (Å²) in [4.78, 5) is 25.3. The summed E-state index contributed by atoms with van der Waals surface area (Å²) in [6.45, 7) is 3.64. The van der Waals surface area contributed by atoms with Crippen LogP contribution in [0.25, 0.3) is 10.9 Å². The largest absolute Gasteiger partial charge is 0.508 e. The standard InChI is InChI=1S/C21H20ClFN2O3/c1-3-4-14(20(24)27)19-11(2)25(18-8-6-13(26)10-15(18)19)21(28)12-5-7-16(22)17(23)9-12/h5-10,14,26H,3-4H2,1-2H3,(H2,24,27). The lowest BCUT2D eigenvalue weighted by Gasteiger charge is -2.14. The van der Waals surface area contributed by atoms with Crippen LogP contribution < -0.4 is 5.73 Å². The van der Waals surface area contributed by atoms with Crippen LogP contribution in [-0.2, 0) is 4.79 Å². The van der Waals surface area contributed by atoms with Gasteiger partial charge in [-0.2, -0.15) is 0 Å². The van der Waals surface area contributed by atoms with Crippen molar-refractivity contribution in [1.82, 2.24) is 4.57 Å². The fourth-order valence-corrected chi connectivity index (χ4v) is 3.73. The second-order valence-corrected chi connectivity index (χ2v) is 7.12. The van der Waals surface area contributed by atoms with E-state index >= 15 is 0 Å². The molecule has 2 aromatic carbocycles. The van der Waals surface area contributed by atoms with E-state index in [1.165, 1.54) is 28.8 Å². The molecule has 0 radical (unpaired) electrons. The van der Waals surface area contributed by atoms with Gasteiger partial charge < -0.3 is 10.8 Å². The Morgan fingerprint density at radius 2 is 1.96 bits per heavy atom. The molecule has 0 aliphatic heterocycles. The molecule has 5 nitrogen and oxygen atoms in total. The molecule has 146 valence electrons. The number of nitrogens with zero attached hydrogens (tertiary/aromatic N) is 1. The number of aromatic hydroxyl groups is 1. The lowest BCUT2D eigenvalue weighted by Crippen LogP contribution is -2.22. The van der Waals surface area contributed by atoms with Crippen LogP contribution in [-0.4, -0.2) is 21.5 Å². The summed E-state index contributed by atoms with van der Waals surface area (Å²) in [5.41, 5.74) is 7.38. The molecule has 0 saturated heterocycles. The number of nitrogens with two attached hydrogens (primary N) is 1. The minimum absolute atomic E-state index is 0.00982. The zero-order valence-electron chi connectivity index (χ0n) is 15.5. The van der Waals surface area contributed by atoms with E-state index in [4.69, 9.17) is 17.3 Å². The number of phenols is 1. The third kappa shape index (κ3) is 3.36. The van der Waals surface area contributed by atoms with Gasteiger partial charge in [0.1, 0.15) is 11.6 Å². The quantitative estimate of drug-likeness (QED) is 0.658. The van der Waals surface area contributed by atoms with Gasteiger partial charge in [0.2, 0.25) is 5.91 Å². The van der Waals surface area contributed by atoms with E-state index in [-0.39, 0.29) is 16.3 Å². The maximum absolute atomic E-state index is 13.9. The highest BCUT2D eigenvalue weighted by Crippen LogP contribution is 2.36. The number of rotatable bonds is 5. The van der Waals surface area contributed by atoms with Gasteiger partial charge in [0.25, 0.3) is 5.91 Å². The topological polar surface area (TPSA) is 85.3 Å². The lowest BCUT2D eigenvalue weighted by molar-refractivity contribution is -0.119. The number of phenolic OH excluding ortho intramolecular Hbond substituents is 1. The van der Waals surface area contributed by atoms with E-state index in [1.807, 2.05) is 6.92 Å². The summed E-state index contributed by atoms with van der Waals surface area (Å²) in [6.07, 6.45) is 1.23. The molecule has 7 heteroatoms. The van der Waals surface area contributed by atoms with Crippen molar-refractivity contribution in [2.45, 2.75) is 32.6 Å². The number of primary amides is 1. The molecule has 1 unspecified atom stereocenters. The van der Waals surface area contributed by atoms with Crippen LogP contribution in [0.3, 0.4) is 0 Å². The average molecular weight is 403 g/mol. The second kappa shape index (κ2) is 7.64. The Hall–Kier alpha value is -2.86. The van der Waals surface area contributed by atoms with Gasteiger partial charge in [-0.05, 0) is 55.3 Å².